The predicted octanol–water partition coefficient (Wildman–Crippen LogP) is 3.21. The van der Waals surface area contributed by atoms with E-state index in [2.05, 4.69) is 15.7 Å². The average Bonchev–Trinajstić information content (AvgIpc) is 3.22. The molecule has 134 valence electrons. The van der Waals surface area contributed by atoms with Crippen molar-refractivity contribution in [3.8, 4) is 6.07 Å². The van der Waals surface area contributed by atoms with Crippen molar-refractivity contribution in [2.24, 2.45) is 0 Å². The van der Waals surface area contributed by atoms with E-state index in [0.29, 0.717) is 22.5 Å². The molecule has 0 radical (unpaired) electrons. The summed E-state index contributed by atoms with van der Waals surface area (Å²) >= 11 is 0. The first-order valence-corrected chi connectivity index (χ1v) is 8.28. The summed E-state index contributed by atoms with van der Waals surface area (Å²) in [6.45, 7) is 1.75. The van der Waals surface area contributed by atoms with Crippen molar-refractivity contribution in [3.05, 3.63) is 78.1 Å². The van der Waals surface area contributed by atoms with Gasteiger partial charge in [0, 0.05) is 29.3 Å². The zero-order valence-electron chi connectivity index (χ0n) is 14.6. The molecule has 7 nitrogen and oxygen atoms in total. The maximum Gasteiger partial charge on any atom is 0.255 e. The first-order valence-electron chi connectivity index (χ1n) is 8.28. The van der Waals surface area contributed by atoms with Crippen molar-refractivity contribution in [2.45, 2.75) is 13.0 Å². The maximum atomic E-state index is 12.4. The number of rotatable bonds is 5. The summed E-state index contributed by atoms with van der Waals surface area (Å²) in [6.07, 6.45) is 3.33. The van der Waals surface area contributed by atoms with Gasteiger partial charge in [0.2, 0.25) is 5.91 Å². The molecule has 0 saturated heterocycles. The molecule has 0 saturated carbocycles. The van der Waals surface area contributed by atoms with Crippen molar-refractivity contribution in [1.29, 1.82) is 5.26 Å². The second kappa shape index (κ2) is 7.97. The Morgan fingerprint density at radius 2 is 1.81 bits per heavy atom. The molecule has 0 spiro atoms. The van der Waals surface area contributed by atoms with Crippen LogP contribution in [0.4, 0.5) is 11.4 Å². The minimum Gasteiger partial charge on any atom is -0.324 e. The van der Waals surface area contributed by atoms with Gasteiger partial charge in [0.1, 0.15) is 6.04 Å². The van der Waals surface area contributed by atoms with Crippen LogP contribution < -0.4 is 10.6 Å². The average molecular weight is 359 g/mol. The van der Waals surface area contributed by atoms with Gasteiger partial charge in [-0.15, -0.1) is 0 Å². The molecule has 1 atom stereocenters. The van der Waals surface area contributed by atoms with Crippen LogP contribution in [-0.4, -0.2) is 21.6 Å². The van der Waals surface area contributed by atoms with Crippen LogP contribution in [0.3, 0.4) is 0 Å². The predicted molar refractivity (Wildman–Crippen MR) is 101 cm³/mol. The van der Waals surface area contributed by atoms with Crippen LogP contribution in [0.2, 0.25) is 0 Å². The third-order valence-electron chi connectivity index (χ3n) is 3.94. The fourth-order valence-corrected chi connectivity index (χ4v) is 2.48. The van der Waals surface area contributed by atoms with Crippen LogP contribution >= 0.6 is 0 Å². The Labute approximate surface area is 156 Å². The van der Waals surface area contributed by atoms with Crippen LogP contribution in [0, 0.1) is 11.3 Å². The highest BCUT2D eigenvalue weighted by Crippen LogP contribution is 2.18. The van der Waals surface area contributed by atoms with Crippen molar-refractivity contribution in [3.63, 3.8) is 0 Å². The van der Waals surface area contributed by atoms with Crippen LogP contribution in [0.1, 0.15) is 28.9 Å². The Morgan fingerprint density at radius 3 is 2.52 bits per heavy atom. The lowest BCUT2D eigenvalue weighted by Crippen LogP contribution is -2.24. The highest BCUT2D eigenvalue weighted by molar-refractivity contribution is 6.05. The first-order chi connectivity index (χ1) is 13.1. The van der Waals surface area contributed by atoms with Gasteiger partial charge in [-0.3, -0.25) is 14.3 Å². The molecule has 2 amide bonds. The number of nitrogens with one attached hydrogen (secondary N) is 2. The number of carbonyl (C=O) groups excluding carboxylic acids is 2. The number of hydrogen-bond donors (Lipinski definition) is 2. The molecule has 2 N–H and O–H groups in total. The van der Waals surface area contributed by atoms with Gasteiger partial charge in [-0.25, -0.2) is 0 Å². The van der Waals surface area contributed by atoms with E-state index in [-0.39, 0.29) is 11.8 Å². The topological polar surface area (TPSA) is 99.8 Å². The Hall–Kier alpha value is -3.92. The molecule has 3 rings (SSSR count). The zero-order chi connectivity index (χ0) is 19.2. The molecular weight excluding hydrogens is 342 g/mol. The van der Waals surface area contributed by atoms with Gasteiger partial charge in [-0.1, -0.05) is 12.1 Å². The summed E-state index contributed by atoms with van der Waals surface area (Å²) < 4.78 is 1.56. The fraction of sp³-hybridized carbons (Fsp3) is 0.100. The summed E-state index contributed by atoms with van der Waals surface area (Å²) in [5.41, 5.74) is 1.89. The van der Waals surface area contributed by atoms with E-state index in [1.165, 1.54) is 6.07 Å². The van der Waals surface area contributed by atoms with Gasteiger partial charge in [0.05, 0.1) is 11.6 Å². The molecule has 0 unspecified atom stereocenters. The Bertz CT molecular complexity index is 1010. The van der Waals surface area contributed by atoms with E-state index in [1.54, 1.807) is 72.5 Å². The normalized spacial score (nSPS) is 11.3. The standard InChI is InChI=1S/C20H17N5O2/c1-14(25-10-4-9-22-25)19(26)23-17-7-3-8-18(12-17)24-20(27)16-6-2-5-15(11-16)13-21/h2-12,14H,1H3,(H,23,26)(H,24,27)/t14-/m1/s1. The van der Waals surface area contributed by atoms with Crippen LogP contribution in [0.25, 0.3) is 0 Å². The highest BCUT2D eigenvalue weighted by Gasteiger charge is 2.15. The SMILES string of the molecule is C[C@H](C(=O)Nc1cccc(NC(=O)c2cccc(C#N)c2)c1)n1cccn1. The molecule has 0 aliphatic carbocycles. The van der Waals surface area contributed by atoms with Gasteiger partial charge < -0.3 is 10.6 Å². The quantitative estimate of drug-likeness (QED) is 0.730. The number of nitriles is 1. The van der Waals surface area contributed by atoms with Gasteiger partial charge >= 0.3 is 0 Å². The number of amides is 2. The molecule has 0 bridgehead atoms. The lowest BCUT2D eigenvalue weighted by molar-refractivity contribution is -0.119. The zero-order valence-corrected chi connectivity index (χ0v) is 14.6. The van der Waals surface area contributed by atoms with Crippen molar-refractivity contribution in [2.75, 3.05) is 10.6 Å². The second-order valence-electron chi connectivity index (χ2n) is 5.88. The molecule has 2 aromatic carbocycles. The van der Waals surface area contributed by atoms with E-state index in [0.717, 1.165) is 0 Å². The smallest absolute Gasteiger partial charge is 0.255 e. The number of nitrogens with zero attached hydrogens (tertiary/aromatic N) is 3. The Balaban J connectivity index is 1.69. The van der Waals surface area contributed by atoms with Crippen molar-refractivity contribution in [1.82, 2.24) is 9.78 Å². The van der Waals surface area contributed by atoms with Gasteiger partial charge in [-0.2, -0.15) is 10.4 Å². The van der Waals surface area contributed by atoms with E-state index in [1.807, 2.05) is 6.07 Å². The first kappa shape index (κ1) is 17.9. The molecule has 7 heteroatoms. The monoisotopic (exact) mass is 359 g/mol. The van der Waals surface area contributed by atoms with Crippen LogP contribution in [0.5, 0.6) is 0 Å². The highest BCUT2D eigenvalue weighted by atomic mass is 16.2. The summed E-state index contributed by atoms with van der Waals surface area (Å²) in [6, 6.07) is 16.6. The summed E-state index contributed by atoms with van der Waals surface area (Å²) in [4.78, 5) is 24.7. The van der Waals surface area contributed by atoms with E-state index < -0.39 is 6.04 Å². The Morgan fingerprint density at radius 1 is 1.07 bits per heavy atom. The Kier molecular flexibility index (Phi) is 5.28. The molecule has 0 aliphatic rings. The molecule has 1 heterocycles. The molecule has 3 aromatic rings. The number of anilines is 2. The number of aromatic nitrogens is 2. The van der Waals surface area contributed by atoms with Crippen LogP contribution in [0.15, 0.2) is 67.0 Å². The molecule has 0 fully saturated rings. The minimum absolute atomic E-state index is 0.219. The molecular formula is C20H17N5O2. The van der Waals surface area contributed by atoms with E-state index >= 15 is 0 Å². The molecule has 1 aromatic heterocycles. The van der Waals surface area contributed by atoms with Gasteiger partial charge in [0.25, 0.3) is 5.91 Å². The molecule has 0 aliphatic heterocycles. The lowest BCUT2D eigenvalue weighted by atomic mass is 10.1. The van der Waals surface area contributed by atoms with Gasteiger partial charge in [-0.05, 0) is 49.4 Å². The van der Waals surface area contributed by atoms with Gasteiger partial charge in [0.15, 0.2) is 0 Å². The minimum atomic E-state index is -0.466. The number of hydrogen-bond acceptors (Lipinski definition) is 4. The number of benzene rings is 2. The summed E-state index contributed by atoms with van der Waals surface area (Å²) in [5.74, 6) is -0.551. The van der Waals surface area contributed by atoms with E-state index in [9.17, 15) is 9.59 Å². The van der Waals surface area contributed by atoms with E-state index in [4.69, 9.17) is 5.26 Å². The lowest BCUT2D eigenvalue weighted by Gasteiger charge is -2.13. The third kappa shape index (κ3) is 4.38. The number of carbonyl (C=O) groups is 2. The fourth-order valence-electron chi connectivity index (χ4n) is 2.48. The van der Waals surface area contributed by atoms with Crippen LogP contribution in [-0.2, 0) is 4.79 Å². The molecule has 27 heavy (non-hydrogen) atoms. The largest absolute Gasteiger partial charge is 0.324 e. The second-order valence-corrected chi connectivity index (χ2v) is 5.88. The summed E-state index contributed by atoms with van der Waals surface area (Å²) in [5, 5.41) is 18.6. The third-order valence-corrected chi connectivity index (χ3v) is 3.94. The maximum absolute atomic E-state index is 12.4. The van der Waals surface area contributed by atoms with Crippen molar-refractivity contribution >= 4 is 23.2 Å². The summed E-state index contributed by atoms with van der Waals surface area (Å²) in [7, 11) is 0. The van der Waals surface area contributed by atoms with Crippen molar-refractivity contribution < 1.29 is 9.59 Å².